The summed E-state index contributed by atoms with van der Waals surface area (Å²) in [6.45, 7) is 4.42. The number of hydrogen-bond acceptors (Lipinski definition) is 10. The van der Waals surface area contributed by atoms with Crippen LogP contribution < -0.4 is 0 Å². The van der Waals surface area contributed by atoms with Gasteiger partial charge in [-0.05, 0) is 89.9 Å². The highest BCUT2D eigenvalue weighted by Crippen LogP contribution is 2.43. The molecule has 0 heterocycles. The lowest BCUT2D eigenvalue weighted by molar-refractivity contribution is -0.161. The molecule has 0 aromatic rings. The number of phosphoric acid groups is 1. The smallest absolute Gasteiger partial charge is 0.462 e. The van der Waals surface area contributed by atoms with Gasteiger partial charge in [-0.2, -0.15) is 0 Å². The molecule has 0 spiro atoms. The molecule has 12 heteroatoms. The second kappa shape index (κ2) is 57.6. The Kier molecular flexibility index (Phi) is 54.8. The Morgan fingerprint density at radius 3 is 1.16 bits per heavy atom. The number of rotatable bonds is 55. The first kappa shape index (κ1) is 72.4. The first-order valence-corrected chi connectivity index (χ1v) is 31.6. The van der Waals surface area contributed by atoms with Gasteiger partial charge in [0.1, 0.15) is 12.7 Å². The second-order valence-corrected chi connectivity index (χ2v) is 21.2. The topological polar surface area (TPSA) is 155 Å². The van der Waals surface area contributed by atoms with E-state index in [1.54, 1.807) is 0 Å². The maximum Gasteiger partial charge on any atom is 0.472 e. The Balaban J connectivity index is 4.85. The van der Waals surface area contributed by atoms with Gasteiger partial charge in [0.2, 0.25) is 0 Å². The van der Waals surface area contributed by atoms with Gasteiger partial charge in [-0.3, -0.25) is 23.4 Å². The maximum absolute atomic E-state index is 12.9. The summed E-state index contributed by atoms with van der Waals surface area (Å²) in [5.74, 6) is -1.57. The van der Waals surface area contributed by atoms with Gasteiger partial charge in [0, 0.05) is 19.3 Å². The molecule has 0 bridgehead atoms. The van der Waals surface area contributed by atoms with Crippen molar-refractivity contribution in [3.05, 3.63) is 97.2 Å². The molecule has 3 atom stereocenters. The number of unbranched alkanes of at least 4 members (excludes halogenated alkanes) is 22. The summed E-state index contributed by atoms with van der Waals surface area (Å²) in [5.41, 5.74) is 0. The van der Waals surface area contributed by atoms with E-state index in [2.05, 4.69) is 106 Å². The summed E-state index contributed by atoms with van der Waals surface area (Å²) < 4.78 is 39.5. The SMILES string of the molecule is CC/C=C\C/C=C\C/C=C\C/C=C\C/C=C\C/C=C\CCC(=O)OC(COC(=O)CCCCCCCCC/C=C\C/C=C\CCCCC)COP(=O)(O)OCC(CO)OC(=O)CCCCCCCCCCCCCCC. The normalized spacial score (nSPS) is 14.0. The van der Waals surface area contributed by atoms with Crippen LogP contribution in [0.4, 0.5) is 0 Å². The fourth-order valence-corrected chi connectivity index (χ4v) is 8.73. The molecule has 2 N–H and O–H groups in total. The number of phosphoric ester groups is 1. The zero-order valence-corrected chi connectivity index (χ0v) is 49.1. The third-order valence-corrected chi connectivity index (χ3v) is 13.5. The summed E-state index contributed by atoms with van der Waals surface area (Å²) in [4.78, 5) is 48.6. The molecular weight excluding hydrogens is 976 g/mol. The highest BCUT2D eigenvalue weighted by Gasteiger charge is 2.28. The van der Waals surface area contributed by atoms with E-state index in [1.807, 2.05) is 12.2 Å². The molecule has 0 aliphatic carbocycles. The molecule has 0 aromatic heterocycles. The number of carbonyl (C=O) groups excluding carboxylic acids is 3. The number of ether oxygens (including phenoxy) is 3. The quantitative estimate of drug-likeness (QED) is 0.0197. The van der Waals surface area contributed by atoms with E-state index in [-0.39, 0.29) is 25.9 Å². The van der Waals surface area contributed by atoms with Gasteiger partial charge in [0.25, 0.3) is 0 Å². The molecule has 0 amide bonds. The fraction of sp³-hybridized carbons (Fsp3) is 0.703. The average Bonchev–Trinajstić information content (AvgIpc) is 3.41. The van der Waals surface area contributed by atoms with Gasteiger partial charge in [0.05, 0.1) is 19.8 Å². The van der Waals surface area contributed by atoms with Crippen LogP contribution in [0.5, 0.6) is 0 Å². The van der Waals surface area contributed by atoms with Gasteiger partial charge in [-0.25, -0.2) is 4.57 Å². The van der Waals surface area contributed by atoms with Crippen molar-refractivity contribution in [1.29, 1.82) is 0 Å². The Labute approximate surface area is 463 Å². The van der Waals surface area contributed by atoms with Crippen LogP contribution in [0.15, 0.2) is 97.2 Å². The number of esters is 3. The van der Waals surface area contributed by atoms with E-state index in [9.17, 15) is 28.9 Å². The van der Waals surface area contributed by atoms with Crippen LogP contribution in [0.25, 0.3) is 0 Å². The predicted octanol–water partition coefficient (Wildman–Crippen LogP) is 18.0. The van der Waals surface area contributed by atoms with Crippen LogP contribution >= 0.6 is 7.82 Å². The lowest BCUT2D eigenvalue weighted by Crippen LogP contribution is -2.30. The van der Waals surface area contributed by atoms with Crippen molar-refractivity contribution in [2.75, 3.05) is 26.4 Å². The van der Waals surface area contributed by atoms with Gasteiger partial charge in [-0.15, -0.1) is 0 Å². The zero-order valence-electron chi connectivity index (χ0n) is 48.2. The monoisotopic (exact) mass is 1080 g/mol. The van der Waals surface area contributed by atoms with Gasteiger partial charge in [0.15, 0.2) is 6.10 Å². The molecule has 0 aliphatic heterocycles. The minimum atomic E-state index is -4.77. The summed E-state index contributed by atoms with van der Waals surface area (Å²) >= 11 is 0. The van der Waals surface area contributed by atoms with Gasteiger partial charge < -0.3 is 24.2 Å². The maximum atomic E-state index is 12.9. The van der Waals surface area contributed by atoms with E-state index in [1.165, 1.54) is 96.3 Å². The molecule has 11 nitrogen and oxygen atoms in total. The molecule has 0 saturated heterocycles. The third kappa shape index (κ3) is 55.2. The minimum absolute atomic E-state index is 0.0380. The van der Waals surface area contributed by atoms with E-state index in [0.29, 0.717) is 25.7 Å². The molecule has 76 heavy (non-hydrogen) atoms. The Morgan fingerprint density at radius 1 is 0.382 bits per heavy atom. The van der Waals surface area contributed by atoms with Crippen molar-refractivity contribution >= 4 is 25.7 Å². The van der Waals surface area contributed by atoms with Crippen LogP contribution in [-0.4, -0.2) is 66.5 Å². The van der Waals surface area contributed by atoms with Crippen LogP contribution in [0.2, 0.25) is 0 Å². The highest BCUT2D eigenvalue weighted by molar-refractivity contribution is 7.47. The Morgan fingerprint density at radius 2 is 0.711 bits per heavy atom. The van der Waals surface area contributed by atoms with Gasteiger partial charge in [-0.1, -0.05) is 240 Å². The lowest BCUT2D eigenvalue weighted by Gasteiger charge is -2.21. The molecule has 436 valence electrons. The molecule has 0 radical (unpaired) electrons. The predicted molar refractivity (Wildman–Crippen MR) is 316 cm³/mol. The van der Waals surface area contributed by atoms with Gasteiger partial charge >= 0.3 is 25.7 Å². The third-order valence-electron chi connectivity index (χ3n) is 12.5. The fourth-order valence-electron chi connectivity index (χ4n) is 7.94. The van der Waals surface area contributed by atoms with Crippen molar-refractivity contribution in [3.8, 4) is 0 Å². The van der Waals surface area contributed by atoms with E-state index < -0.39 is 57.8 Å². The standard InChI is InChI=1S/C64H109O11P/c1-4-7-10-13-16-19-22-25-27-29-30-32-34-37-40-43-46-49-52-55-64(68)75-61(57-71-62(66)53-50-47-44-41-38-36-33-31-28-26-23-20-17-14-11-8-5-2)59-73-76(69,70)72-58-60(56-65)74-63(67)54-51-48-45-42-39-35-24-21-18-15-12-9-6-3/h7,10,16-17,19-20,25-28,30,32,37,40,46,49,60-61,65H,4-6,8-9,11-15,18,21-24,29,31,33-36,38-39,41-45,47-48,50-59H2,1-3H3,(H,69,70)/b10-7-,19-16-,20-17-,27-25-,28-26-,32-30-,40-37-,49-46-. The number of aliphatic hydroxyl groups excluding tert-OH is 1. The van der Waals surface area contributed by atoms with E-state index in [0.717, 1.165) is 89.9 Å². The first-order chi connectivity index (χ1) is 37.2. The van der Waals surface area contributed by atoms with Crippen molar-refractivity contribution < 1.29 is 52.2 Å². The van der Waals surface area contributed by atoms with Crippen molar-refractivity contribution in [3.63, 3.8) is 0 Å². The molecule has 0 aromatic carbocycles. The summed E-state index contributed by atoms with van der Waals surface area (Å²) in [7, 11) is -4.77. The highest BCUT2D eigenvalue weighted by atomic mass is 31.2. The molecule has 3 unspecified atom stereocenters. The molecular formula is C64H109O11P. The van der Waals surface area contributed by atoms with Crippen molar-refractivity contribution in [2.45, 2.75) is 264 Å². The lowest BCUT2D eigenvalue weighted by atomic mass is 10.0. The Hall–Kier alpha value is -3.60. The van der Waals surface area contributed by atoms with Crippen LogP contribution in [0, 0.1) is 0 Å². The molecule has 0 rings (SSSR count). The number of allylic oxidation sites excluding steroid dienone is 16. The first-order valence-electron chi connectivity index (χ1n) is 30.1. The van der Waals surface area contributed by atoms with Crippen LogP contribution in [-0.2, 0) is 42.2 Å². The van der Waals surface area contributed by atoms with Crippen LogP contribution in [0.1, 0.15) is 252 Å². The van der Waals surface area contributed by atoms with E-state index >= 15 is 0 Å². The number of carbonyl (C=O) groups is 3. The summed E-state index contributed by atoms with van der Waals surface area (Å²) in [6.07, 6.45) is 68.0. The van der Waals surface area contributed by atoms with E-state index in [4.69, 9.17) is 23.3 Å². The number of aliphatic hydroxyl groups is 1. The molecule has 0 fully saturated rings. The largest absolute Gasteiger partial charge is 0.472 e. The molecule has 0 aliphatic rings. The van der Waals surface area contributed by atoms with Crippen molar-refractivity contribution in [1.82, 2.24) is 0 Å². The number of hydrogen-bond donors (Lipinski definition) is 2. The zero-order chi connectivity index (χ0) is 55.5. The summed E-state index contributed by atoms with van der Waals surface area (Å²) in [6, 6.07) is 0. The van der Waals surface area contributed by atoms with Crippen LogP contribution in [0.3, 0.4) is 0 Å². The molecule has 0 saturated carbocycles. The minimum Gasteiger partial charge on any atom is -0.462 e. The average molecular weight is 1090 g/mol. The Bertz CT molecular complexity index is 1640. The van der Waals surface area contributed by atoms with Crippen molar-refractivity contribution in [2.24, 2.45) is 0 Å². The second-order valence-electron chi connectivity index (χ2n) is 19.8. The summed E-state index contributed by atoms with van der Waals surface area (Å²) in [5, 5.41) is 9.82.